The number of hydrogen-bond acceptors (Lipinski definition) is 6. The first-order chi connectivity index (χ1) is 15.8. The fraction of sp³-hybridized carbons (Fsp3) is 0.227. The Morgan fingerprint density at radius 3 is 2.67 bits per heavy atom. The number of ether oxygens (including phenoxy) is 1. The molecule has 11 heteroatoms. The molecule has 33 heavy (non-hydrogen) atoms. The van der Waals surface area contributed by atoms with Gasteiger partial charge in [0, 0.05) is 23.3 Å². The van der Waals surface area contributed by atoms with Gasteiger partial charge in [-0.15, -0.1) is 0 Å². The smallest absolute Gasteiger partial charge is 0.168 e. The van der Waals surface area contributed by atoms with Crippen LogP contribution in [0.4, 0.5) is 17.6 Å². The van der Waals surface area contributed by atoms with E-state index in [4.69, 9.17) is 9.26 Å². The third-order valence-corrected chi connectivity index (χ3v) is 5.20. The van der Waals surface area contributed by atoms with Gasteiger partial charge in [0.2, 0.25) is 0 Å². The molecule has 0 aliphatic carbocycles. The molecule has 1 unspecified atom stereocenters. The molecule has 2 aromatic heterocycles. The Balaban J connectivity index is 1.56. The zero-order valence-corrected chi connectivity index (χ0v) is 17.3. The van der Waals surface area contributed by atoms with Crippen LogP contribution in [0.2, 0.25) is 0 Å². The van der Waals surface area contributed by atoms with Crippen molar-refractivity contribution in [3.63, 3.8) is 0 Å². The number of aromatic nitrogens is 4. The van der Waals surface area contributed by atoms with Crippen molar-refractivity contribution in [3.8, 4) is 11.3 Å². The van der Waals surface area contributed by atoms with E-state index in [1.165, 1.54) is 42.5 Å². The lowest BCUT2D eigenvalue weighted by molar-refractivity contribution is -0.126. The van der Waals surface area contributed by atoms with Crippen molar-refractivity contribution < 1.29 is 31.9 Å². The number of hydrogen-bond donors (Lipinski definition) is 1. The van der Waals surface area contributed by atoms with Crippen LogP contribution in [-0.2, 0) is 23.5 Å². The van der Waals surface area contributed by atoms with Crippen LogP contribution in [0.5, 0.6) is 0 Å². The topological polar surface area (TPSA) is 86.2 Å². The minimum atomic E-state index is -1.97. The fourth-order valence-corrected chi connectivity index (χ4v) is 3.39. The quantitative estimate of drug-likeness (QED) is 0.399. The van der Waals surface area contributed by atoms with Crippen molar-refractivity contribution in [1.82, 2.24) is 19.9 Å². The Morgan fingerprint density at radius 1 is 1.12 bits per heavy atom. The van der Waals surface area contributed by atoms with Crippen LogP contribution in [0.1, 0.15) is 18.2 Å². The Kier molecular flexibility index (Phi) is 6.25. The number of benzene rings is 2. The van der Waals surface area contributed by atoms with E-state index in [0.717, 1.165) is 18.2 Å². The summed E-state index contributed by atoms with van der Waals surface area (Å²) in [4.78, 5) is 3.80. The molecule has 0 aliphatic heterocycles. The maximum absolute atomic E-state index is 14.6. The normalized spacial score (nSPS) is 14.2. The van der Waals surface area contributed by atoms with E-state index in [1.807, 2.05) is 0 Å². The van der Waals surface area contributed by atoms with Gasteiger partial charge in [0.25, 0.3) is 0 Å². The second kappa shape index (κ2) is 9.12. The second-order valence-corrected chi connectivity index (χ2v) is 7.37. The van der Waals surface area contributed by atoms with E-state index in [2.05, 4.69) is 15.2 Å². The molecule has 4 rings (SSSR count). The maximum atomic E-state index is 14.6. The van der Waals surface area contributed by atoms with Crippen molar-refractivity contribution in [2.75, 3.05) is 0 Å². The number of rotatable bonds is 8. The average molecular weight is 462 g/mol. The summed E-state index contributed by atoms with van der Waals surface area (Å²) in [6, 6.07) is 7.83. The second-order valence-electron chi connectivity index (χ2n) is 7.37. The van der Waals surface area contributed by atoms with Gasteiger partial charge in [0.15, 0.2) is 17.4 Å². The third kappa shape index (κ3) is 4.64. The Hall–Kier alpha value is -3.57. The molecule has 0 fully saturated rings. The van der Waals surface area contributed by atoms with Crippen LogP contribution in [0, 0.1) is 23.3 Å². The van der Waals surface area contributed by atoms with Gasteiger partial charge in [-0.3, -0.25) is 0 Å². The highest BCUT2D eigenvalue weighted by atomic mass is 19.2. The standard InChI is InChI=1S/C22H18F4N4O3/c1-13(32-9-15-8-20(29-33-15)16-3-2-4-18(24)21(16)26)22(31,10-30-12-27-11-28-30)17-6-5-14(23)7-19(17)25/h2-8,11-13,31H,9-10H2,1H3/t13-,22?/m1/s1. The van der Waals surface area contributed by atoms with Gasteiger partial charge < -0.3 is 14.4 Å². The van der Waals surface area contributed by atoms with Gasteiger partial charge in [-0.05, 0) is 25.1 Å². The van der Waals surface area contributed by atoms with Crippen LogP contribution in [0.25, 0.3) is 11.3 Å². The first-order valence-corrected chi connectivity index (χ1v) is 9.80. The Labute approximate surface area is 185 Å². The first kappa shape index (κ1) is 22.6. The van der Waals surface area contributed by atoms with Crippen molar-refractivity contribution in [2.45, 2.75) is 31.8 Å². The molecular weight excluding hydrogens is 444 g/mol. The Bertz CT molecular complexity index is 1250. The van der Waals surface area contributed by atoms with E-state index >= 15 is 0 Å². The lowest BCUT2D eigenvalue weighted by Crippen LogP contribution is -2.44. The van der Waals surface area contributed by atoms with E-state index < -0.39 is 35.0 Å². The van der Waals surface area contributed by atoms with Gasteiger partial charge in [-0.2, -0.15) is 5.10 Å². The van der Waals surface area contributed by atoms with E-state index in [1.54, 1.807) is 0 Å². The van der Waals surface area contributed by atoms with E-state index in [-0.39, 0.29) is 35.7 Å². The zero-order valence-electron chi connectivity index (χ0n) is 17.3. The van der Waals surface area contributed by atoms with Gasteiger partial charge >= 0.3 is 0 Å². The summed E-state index contributed by atoms with van der Waals surface area (Å²) in [7, 11) is 0. The van der Waals surface area contributed by atoms with Gasteiger partial charge in [-0.25, -0.2) is 27.2 Å². The van der Waals surface area contributed by atoms with Crippen molar-refractivity contribution in [3.05, 3.63) is 89.7 Å². The molecule has 4 aromatic rings. The van der Waals surface area contributed by atoms with Gasteiger partial charge in [0.1, 0.15) is 42.2 Å². The molecule has 0 saturated heterocycles. The lowest BCUT2D eigenvalue weighted by atomic mass is 9.88. The third-order valence-electron chi connectivity index (χ3n) is 5.20. The number of halogens is 4. The molecule has 2 atom stereocenters. The summed E-state index contributed by atoms with van der Waals surface area (Å²) < 4.78 is 67.6. The first-order valence-electron chi connectivity index (χ1n) is 9.80. The van der Waals surface area contributed by atoms with E-state index in [9.17, 15) is 22.7 Å². The maximum Gasteiger partial charge on any atom is 0.168 e. The summed E-state index contributed by atoms with van der Waals surface area (Å²) in [6.07, 6.45) is 1.52. The highest BCUT2D eigenvalue weighted by Gasteiger charge is 2.40. The predicted molar refractivity (Wildman–Crippen MR) is 106 cm³/mol. The average Bonchev–Trinajstić information content (AvgIpc) is 3.46. The van der Waals surface area contributed by atoms with E-state index in [0.29, 0.717) is 6.07 Å². The van der Waals surface area contributed by atoms with Crippen LogP contribution >= 0.6 is 0 Å². The number of nitrogens with zero attached hydrogens (tertiary/aromatic N) is 4. The summed E-state index contributed by atoms with van der Waals surface area (Å²) in [5, 5.41) is 19.1. The largest absolute Gasteiger partial charge is 0.380 e. The minimum absolute atomic E-state index is 0.0562. The highest BCUT2D eigenvalue weighted by molar-refractivity contribution is 5.59. The molecule has 0 bridgehead atoms. The summed E-state index contributed by atoms with van der Waals surface area (Å²) in [6.45, 7) is 1.02. The fourth-order valence-electron chi connectivity index (χ4n) is 3.39. The van der Waals surface area contributed by atoms with Crippen LogP contribution in [0.15, 0.2) is 59.6 Å². The van der Waals surface area contributed by atoms with Gasteiger partial charge in [0.05, 0.1) is 12.6 Å². The van der Waals surface area contributed by atoms with Crippen LogP contribution in [-0.4, -0.2) is 31.1 Å². The van der Waals surface area contributed by atoms with Crippen LogP contribution < -0.4 is 0 Å². The summed E-state index contributed by atoms with van der Waals surface area (Å²) in [5.41, 5.74) is -2.20. The zero-order chi connectivity index (χ0) is 23.6. The molecule has 0 saturated carbocycles. The molecule has 0 aliphatic rings. The molecule has 1 N–H and O–H groups in total. The molecule has 2 heterocycles. The minimum Gasteiger partial charge on any atom is -0.380 e. The summed E-state index contributed by atoms with van der Waals surface area (Å²) >= 11 is 0. The van der Waals surface area contributed by atoms with Crippen molar-refractivity contribution in [1.29, 1.82) is 0 Å². The van der Waals surface area contributed by atoms with Crippen LogP contribution in [0.3, 0.4) is 0 Å². The molecule has 0 amide bonds. The predicted octanol–water partition coefficient (Wildman–Crippen LogP) is 3.98. The molecular formula is C22H18F4N4O3. The molecule has 7 nitrogen and oxygen atoms in total. The van der Waals surface area contributed by atoms with Gasteiger partial charge in [-0.1, -0.05) is 17.3 Å². The molecule has 172 valence electrons. The lowest BCUT2D eigenvalue weighted by Gasteiger charge is -2.34. The molecule has 0 spiro atoms. The highest BCUT2D eigenvalue weighted by Crippen LogP contribution is 2.32. The Morgan fingerprint density at radius 2 is 1.94 bits per heavy atom. The van der Waals surface area contributed by atoms with Crippen molar-refractivity contribution >= 4 is 0 Å². The summed E-state index contributed by atoms with van der Waals surface area (Å²) in [5.74, 6) is -3.70. The SMILES string of the molecule is C[C@@H](OCc1cc(-c2cccc(F)c2F)no1)C(O)(Cn1cncn1)c1ccc(F)cc1F. The molecule has 2 aromatic carbocycles. The monoisotopic (exact) mass is 462 g/mol. The molecule has 0 radical (unpaired) electrons. The van der Waals surface area contributed by atoms with Crippen molar-refractivity contribution in [2.24, 2.45) is 0 Å². The number of aliphatic hydroxyl groups is 1.